The highest BCUT2D eigenvalue weighted by atomic mass is 32.1. The summed E-state index contributed by atoms with van der Waals surface area (Å²) in [6.45, 7) is 4.31. The number of rotatable bonds is 6. The molecule has 3 rings (SSSR count). The molecule has 2 aromatic carbocycles. The first-order chi connectivity index (χ1) is 13.0. The van der Waals surface area contributed by atoms with Crippen LogP contribution < -0.4 is 14.8 Å². The highest BCUT2D eigenvalue weighted by molar-refractivity contribution is 7.22. The summed E-state index contributed by atoms with van der Waals surface area (Å²) in [6, 6.07) is 11.7. The van der Waals surface area contributed by atoms with Gasteiger partial charge in [-0.05, 0) is 47.4 Å². The van der Waals surface area contributed by atoms with Gasteiger partial charge in [0.05, 0.1) is 24.4 Å². The van der Waals surface area contributed by atoms with Crippen LogP contribution in [0, 0.1) is 0 Å². The summed E-state index contributed by atoms with van der Waals surface area (Å²) < 4.78 is 11.6. The lowest BCUT2D eigenvalue weighted by Gasteiger charge is -2.07. The minimum absolute atomic E-state index is 0.229. The van der Waals surface area contributed by atoms with Gasteiger partial charge in [0.2, 0.25) is 5.91 Å². The Morgan fingerprint density at radius 3 is 2.59 bits per heavy atom. The highest BCUT2D eigenvalue weighted by Gasteiger charge is 2.08. The minimum atomic E-state index is -0.229. The molecule has 0 saturated heterocycles. The summed E-state index contributed by atoms with van der Waals surface area (Å²) in [7, 11) is 3.17. The molecule has 27 heavy (non-hydrogen) atoms. The van der Waals surface area contributed by atoms with E-state index in [2.05, 4.69) is 36.3 Å². The topological polar surface area (TPSA) is 60.5 Å². The predicted molar refractivity (Wildman–Crippen MR) is 111 cm³/mol. The Labute approximate surface area is 162 Å². The number of ether oxygens (including phenoxy) is 2. The maximum absolute atomic E-state index is 12.2. The van der Waals surface area contributed by atoms with Crippen molar-refractivity contribution in [3.63, 3.8) is 0 Å². The number of fused-ring (bicyclic) bond motifs is 1. The van der Waals surface area contributed by atoms with Crippen LogP contribution in [0.3, 0.4) is 0 Å². The number of hydrogen-bond acceptors (Lipinski definition) is 5. The minimum Gasteiger partial charge on any atom is -0.493 e. The van der Waals surface area contributed by atoms with Crippen LogP contribution in [0.2, 0.25) is 0 Å². The molecule has 0 saturated carbocycles. The number of hydrogen-bond donors (Lipinski definition) is 1. The zero-order chi connectivity index (χ0) is 19.4. The quantitative estimate of drug-likeness (QED) is 0.603. The average Bonchev–Trinajstić information content (AvgIpc) is 3.07. The number of amides is 1. The van der Waals surface area contributed by atoms with E-state index in [1.807, 2.05) is 18.2 Å². The summed E-state index contributed by atoms with van der Waals surface area (Å²) in [6.07, 6.45) is 3.20. The second kappa shape index (κ2) is 8.22. The molecule has 0 radical (unpaired) electrons. The molecule has 1 amide bonds. The number of methoxy groups -OCH3 is 2. The molecule has 3 aromatic rings. The molecule has 0 unspecified atom stereocenters. The van der Waals surface area contributed by atoms with Crippen molar-refractivity contribution in [3.05, 3.63) is 53.6 Å². The molecular weight excluding hydrogens is 360 g/mol. The molecule has 6 heteroatoms. The Kier molecular flexibility index (Phi) is 5.76. The maximum Gasteiger partial charge on any atom is 0.250 e. The van der Waals surface area contributed by atoms with Gasteiger partial charge in [-0.3, -0.25) is 10.1 Å². The lowest BCUT2D eigenvalue weighted by Crippen LogP contribution is -2.07. The van der Waals surface area contributed by atoms with E-state index in [0.29, 0.717) is 22.5 Å². The maximum atomic E-state index is 12.2. The Balaban J connectivity index is 1.72. The third kappa shape index (κ3) is 4.46. The molecule has 1 aromatic heterocycles. The number of benzene rings is 2. The summed E-state index contributed by atoms with van der Waals surface area (Å²) >= 11 is 1.48. The van der Waals surface area contributed by atoms with Crippen molar-refractivity contribution in [1.29, 1.82) is 0 Å². The lowest BCUT2D eigenvalue weighted by atomic mass is 10.0. The first-order valence-corrected chi connectivity index (χ1v) is 9.43. The molecule has 5 nitrogen and oxygen atoms in total. The number of nitrogens with zero attached hydrogens (tertiary/aromatic N) is 1. The first kappa shape index (κ1) is 18.9. The molecule has 0 aliphatic rings. The van der Waals surface area contributed by atoms with Gasteiger partial charge in [-0.15, -0.1) is 0 Å². The van der Waals surface area contributed by atoms with Crippen molar-refractivity contribution in [2.75, 3.05) is 19.5 Å². The number of carbonyl (C=O) groups is 1. The Bertz CT molecular complexity index is 992. The molecule has 0 bridgehead atoms. The van der Waals surface area contributed by atoms with Crippen LogP contribution in [-0.4, -0.2) is 25.1 Å². The zero-order valence-corrected chi connectivity index (χ0v) is 16.6. The summed E-state index contributed by atoms with van der Waals surface area (Å²) in [4.78, 5) is 16.7. The van der Waals surface area contributed by atoms with Crippen LogP contribution in [0.5, 0.6) is 11.5 Å². The van der Waals surface area contributed by atoms with Gasteiger partial charge in [0.25, 0.3) is 0 Å². The number of thiazole rings is 1. The lowest BCUT2D eigenvalue weighted by molar-refractivity contribution is -0.111. The fourth-order valence-corrected chi connectivity index (χ4v) is 3.55. The molecule has 0 atom stereocenters. The Morgan fingerprint density at radius 2 is 1.89 bits per heavy atom. The van der Waals surface area contributed by atoms with Gasteiger partial charge < -0.3 is 9.47 Å². The van der Waals surface area contributed by atoms with E-state index >= 15 is 0 Å². The standard InChI is InChI=1S/C21H22N2O3S/c1-13(2)15-7-8-16-19(12-15)27-21(22-16)23-20(24)10-6-14-5-9-17(25-3)18(11-14)26-4/h5-13H,1-4H3,(H,22,23,24)/b10-6-. The third-order valence-electron chi connectivity index (χ3n) is 4.14. The smallest absolute Gasteiger partial charge is 0.250 e. The molecule has 1 heterocycles. The van der Waals surface area contributed by atoms with Crippen molar-refractivity contribution in [2.45, 2.75) is 19.8 Å². The van der Waals surface area contributed by atoms with Crippen LogP contribution >= 0.6 is 11.3 Å². The van der Waals surface area contributed by atoms with Gasteiger partial charge in [0, 0.05) is 6.08 Å². The monoisotopic (exact) mass is 382 g/mol. The summed E-state index contributed by atoms with van der Waals surface area (Å²) in [5, 5.41) is 3.42. The van der Waals surface area contributed by atoms with Crippen LogP contribution in [-0.2, 0) is 4.79 Å². The second-order valence-corrected chi connectivity index (χ2v) is 7.37. The van der Waals surface area contributed by atoms with E-state index in [9.17, 15) is 4.79 Å². The van der Waals surface area contributed by atoms with E-state index in [-0.39, 0.29) is 5.91 Å². The summed E-state index contributed by atoms with van der Waals surface area (Å²) in [5.41, 5.74) is 3.00. The third-order valence-corrected chi connectivity index (χ3v) is 5.08. The number of carbonyl (C=O) groups excluding carboxylic acids is 1. The van der Waals surface area contributed by atoms with Crippen molar-refractivity contribution < 1.29 is 14.3 Å². The molecule has 0 fully saturated rings. The molecule has 0 aliphatic carbocycles. The van der Waals surface area contributed by atoms with E-state index in [4.69, 9.17) is 9.47 Å². The Hall–Kier alpha value is -2.86. The summed E-state index contributed by atoms with van der Waals surface area (Å²) in [5.74, 6) is 1.49. The Morgan fingerprint density at radius 1 is 1.11 bits per heavy atom. The first-order valence-electron chi connectivity index (χ1n) is 8.61. The van der Waals surface area contributed by atoms with Crippen molar-refractivity contribution >= 4 is 38.7 Å². The van der Waals surface area contributed by atoms with Gasteiger partial charge in [-0.2, -0.15) is 0 Å². The van der Waals surface area contributed by atoms with E-state index in [1.165, 1.54) is 23.0 Å². The molecule has 140 valence electrons. The normalized spacial score (nSPS) is 11.3. The second-order valence-electron chi connectivity index (χ2n) is 6.34. The van der Waals surface area contributed by atoms with Crippen LogP contribution in [0.1, 0.15) is 30.9 Å². The highest BCUT2D eigenvalue weighted by Crippen LogP contribution is 2.30. The average molecular weight is 382 g/mol. The van der Waals surface area contributed by atoms with Gasteiger partial charge >= 0.3 is 0 Å². The van der Waals surface area contributed by atoms with Crippen molar-refractivity contribution in [3.8, 4) is 11.5 Å². The SMILES string of the molecule is COc1ccc(/C=C\C(=O)Nc2nc3ccc(C(C)C)cc3s2)cc1OC. The van der Waals surface area contributed by atoms with Crippen molar-refractivity contribution in [1.82, 2.24) is 4.98 Å². The van der Waals surface area contributed by atoms with E-state index < -0.39 is 0 Å². The van der Waals surface area contributed by atoms with Gasteiger partial charge in [-0.1, -0.05) is 37.3 Å². The van der Waals surface area contributed by atoms with Crippen molar-refractivity contribution in [2.24, 2.45) is 0 Å². The largest absolute Gasteiger partial charge is 0.493 e. The van der Waals surface area contributed by atoms with Gasteiger partial charge in [-0.25, -0.2) is 4.98 Å². The predicted octanol–water partition coefficient (Wildman–Crippen LogP) is 5.09. The number of nitrogens with one attached hydrogen (secondary N) is 1. The van der Waals surface area contributed by atoms with E-state index in [0.717, 1.165) is 15.8 Å². The van der Waals surface area contributed by atoms with Gasteiger partial charge in [0.15, 0.2) is 16.6 Å². The fraction of sp³-hybridized carbons (Fsp3) is 0.238. The molecule has 0 spiro atoms. The van der Waals surface area contributed by atoms with Crippen LogP contribution in [0.15, 0.2) is 42.5 Å². The van der Waals surface area contributed by atoms with E-state index in [1.54, 1.807) is 26.4 Å². The molecule has 1 N–H and O–H groups in total. The van der Waals surface area contributed by atoms with Crippen LogP contribution in [0.25, 0.3) is 16.3 Å². The van der Waals surface area contributed by atoms with Gasteiger partial charge in [0.1, 0.15) is 0 Å². The number of anilines is 1. The molecular formula is C21H22N2O3S. The zero-order valence-electron chi connectivity index (χ0n) is 15.8. The fourth-order valence-electron chi connectivity index (χ4n) is 2.63. The number of aromatic nitrogens is 1. The molecule has 0 aliphatic heterocycles. The van der Waals surface area contributed by atoms with Crippen LogP contribution in [0.4, 0.5) is 5.13 Å².